The maximum atomic E-state index is 5.84. The lowest BCUT2D eigenvalue weighted by molar-refractivity contribution is 0.305. The standard InChI is InChI=1S/C18H16N4O/c1-2-6-21-18(3-1)22-10-15-4-5-17(7-16(15)11-22)23-12-14-8-19-13-20-9-14/h1-9,13H,10-12H2. The van der Waals surface area contributed by atoms with Gasteiger partial charge in [-0.1, -0.05) is 12.1 Å². The van der Waals surface area contributed by atoms with Crippen LogP contribution in [0, 0.1) is 0 Å². The molecular weight excluding hydrogens is 288 g/mol. The topological polar surface area (TPSA) is 51.1 Å². The van der Waals surface area contributed by atoms with E-state index >= 15 is 0 Å². The third kappa shape index (κ3) is 2.99. The largest absolute Gasteiger partial charge is 0.489 e. The maximum Gasteiger partial charge on any atom is 0.129 e. The summed E-state index contributed by atoms with van der Waals surface area (Å²) in [5, 5.41) is 0. The molecule has 0 N–H and O–H groups in total. The van der Waals surface area contributed by atoms with Crippen molar-refractivity contribution in [2.24, 2.45) is 0 Å². The zero-order valence-corrected chi connectivity index (χ0v) is 12.6. The molecule has 0 spiro atoms. The molecule has 3 heterocycles. The average Bonchev–Trinajstić information content (AvgIpc) is 3.05. The van der Waals surface area contributed by atoms with Gasteiger partial charge in [-0.2, -0.15) is 0 Å². The number of hydrogen-bond donors (Lipinski definition) is 0. The molecule has 0 fully saturated rings. The lowest BCUT2D eigenvalue weighted by Gasteiger charge is -2.15. The fraction of sp³-hybridized carbons (Fsp3) is 0.167. The Morgan fingerprint density at radius 2 is 1.87 bits per heavy atom. The summed E-state index contributed by atoms with van der Waals surface area (Å²) in [5.74, 6) is 1.88. The molecule has 0 saturated carbocycles. The Balaban J connectivity index is 1.46. The van der Waals surface area contributed by atoms with Crippen molar-refractivity contribution in [3.05, 3.63) is 78.0 Å². The molecule has 3 aromatic rings. The molecule has 2 aromatic heterocycles. The van der Waals surface area contributed by atoms with Crippen molar-refractivity contribution < 1.29 is 4.74 Å². The second-order valence-corrected chi connectivity index (χ2v) is 5.51. The Bertz CT molecular complexity index is 793. The molecular formula is C18H16N4O. The molecule has 4 rings (SSSR count). The van der Waals surface area contributed by atoms with Gasteiger partial charge >= 0.3 is 0 Å². The number of pyridine rings is 1. The Labute approximate surface area is 134 Å². The molecule has 23 heavy (non-hydrogen) atoms. The Morgan fingerprint density at radius 3 is 2.70 bits per heavy atom. The van der Waals surface area contributed by atoms with Crippen LogP contribution < -0.4 is 9.64 Å². The zero-order chi connectivity index (χ0) is 15.5. The number of ether oxygens (including phenoxy) is 1. The Morgan fingerprint density at radius 1 is 1.00 bits per heavy atom. The minimum Gasteiger partial charge on any atom is -0.489 e. The van der Waals surface area contributed by atoms with Gasteiger partial charge in [-0.05, 0) is 35.4 Å². The minimum absolute atomic E-state index is 0.476. The van der Waals surface area contributed by atoms with E-state index in [-0.39, 0.29) is 0 Å². The van der Waals surface area contributed by atoms with Gasteiger partial charge in [0.15, 0.2) is 0 Å². The second kappa shape index (κ2) is 6.04. The van der Waals surface area contributed by atoms with Crippen molar-refractivity contribution in [1.82, 2.24) is 15.0 Å². The summed E-state index contributed by atoms with van der Waals surface area (Å²) in [7, 11) is 0. The van der Waals surface area contributed by atoms with Gasteiger partial charge in [-0.15, -0.1) is 0 Å². The van der Waals surface area contributed by atoms with Crippen LogP contribution in [0.15, 0.2) is 61.3 Å². The molecule has 0 aliphatic carbocycles. The molecule has 0 atom stereocenters. The number of benzene rings is 1. The van der Waals surface area contributed by atoms with Crippen LogP contribution in [0.25, 0.3) is 0 Å². The van der Waals surface area contributed by atoms with E-state index in [2.05, 4.69) is 32.0 Å². The third-order valence-corrected chi connectivity index (χ3v) is 3.89. The lowest BCUT2D eigenvalue weighted by atomic mass is 10.1. The molecule has 1 aliphatic rings. The average molecular weight is 304 g/mol. The summed E-state index contributed by atoms with van der Waals surface area (Å²) in [4.78, 5) is 14.7. The van der Waals surface area contributed by atoms with E-state index in [0.29, 0.717) is 6.61 Å². The van der Waals surface area contributed by atoms with E-state index in [1.807, 2.05) is 30.5 Å². The molecule has 0 saturated heterocycles. The first-order valence-electron chi connectivity index (χ1n) is 7.53. The van der Waals surface area contributed by atoms with Crippen LogP contribution in [-0.4, -0.2) is 15.0 Å². The van der Waals surface area contributed by atoms with Crippen LogP contribution in [0.4, 0.5) is 5.82 Å². The van der Waals surface area contributed by atoms with Gasteiger partial charge in [0.2, 0.25) is 0 Å². The van der Waals surface area contributed by atoms with Gasteiger partial charge in [-0.3, -0.25) is 0 Å². The zero-order valence-electron chi connectivity index (χ0n) is 12.6. The summed E-state index contributed by atoms with van der Waals surface area (Å²) >= 11 is 0. The molecule has 0 amide bonds. The van der Waals surface area contributed by atoms with E-state index in [9.17, 15) is 0 Å². The summed E-state index contributed by atoms with van der Waals surface area (Å²) < 4.78 is 5.84. The number of fused-ring (bicyclic) bond motifs is 1. The van der Waals surface area contributed by atoms with Crippen molar-refractivity contribution in [3.63, 3.8) is 0 Å². The fourth-order valence-corrected chi connectivity index (χ4v) is 2.73. The number of anilines is 1. The van der Waals surface area contributed by atoms with E-state index in [0.717, 1.165) is 30.2 Å². The van der Waals surface area contributed by atoms with Crippen LogP contribution in [0.5, 0.6) is 5.75 Å². The van der Waals surface area contributed by atoms with Crippen LogP contribution in [0.1, 0.15) is 16.7 Å². The first-order chi connectivity index (χ1) is 11.4. The molecule has 1 aromatic carbocycles. The van der Waals surface area contributed by atoms with E-state index in [1.54, 1.807) is 12.4 Å². The number of rotatable bonds is 4. The highest BCUT2D eigenvalue weighted by atomic mass is 16.5. The molecule has 0 unspecified atom stereocenters. The van der Waals surface area contributed by atoms with E-state index in [1.165, 1.54) is 17.5 Å². The molecule has 5 nitrogen and oxygen atoms in total. The molecule has 5 heteroatoms. The van der Waals surface area contributed by atoms with E-state index < -0.39 is 0 Å². The fourth-order valence-electron chi connectivity index (χ4n) is 2.73. The summed E-state index contributed by atoms with van der Waals surface area (Å²) in [6.07, 6.45) is 6.88. The van der Waals surface area contributed by atoms with Crippen LogP contribution >= 0.6 is 0 Å². The van der Waals surface area contributed by atoms with Gasteiger partial charge in [-0.25, -0.2) is 15.0 Å². The summed E-state index contributed by atoms with van der Waals surface area (Å²) in [6, 6.07) is 12.3. The molecule has 0 bridgehead atoms. The van der Waals surface area contributed by atoms with Crippen LogP contribution in [0.2, 0.25) is 0 Å². The molecule has 1 aliphatic heterocycles. The highest BCUT2D eigenvalue weighted by Crippen LogP contribution is 2.29. The normalized spacial score (nSPS) is 13.0. The Hall–Kier alpha value is -2.95. The van der Waals surface area contributed by atoms with Gasteiger partial charge in [0, 0.05) is 37.2 Å². The molecule has 0 radical (unpaired) electrons. The monoisotopic (exact) mass is 304 g/mol. The van der Waals surface area contributed by atoms with Gasteiger partial charge < -0.3 is 9.64 Å². The molecule has 114 valence electrons. The van der Waals surface area contributed by atoms with E-state index in [4.69, 9.17) is 4.74 Å². The first kappa shape index (κ1) is 13.7. The van der Waals surface area contributed by atoms with Crippen LogP contribution in [0.3, 0.4) is 0 Å². The SMILES string of the molecule is c1ccc(N2Cc3ccc(OCc4cncnc4)cc3C2)nc1. The van der Waals surface area contributed by atoms with Crippen molar-refractivity contribution in [3.8, 4) is 5.75 Å². The summed E-state index contributed by atoms with van der Waals surface area (Å²) in [6.45, 7) is 2.22. The van der Waals surface area contributed by atoms with Crippen molar-refractivity contribution >= 4 is 5.82 Å². The minimum atomic E-state index is 0.476. The first-order valence-corrected chi connectivity index (χ1v) is 7.53. The van der Waals surface area contributed by atoms with Gasteiger partial charge in [0.25, 0.3) is 0 Å². The predicted molar refractivity (Wildman–Crippen MR) is 86.9 cm³/mol. The van der Waals surface area contributed by atoms with Crippen molar-refractivity contribution in [1.29, 1.82) is 0 Å². The highest BCUT2D eigenvalue weighted by Gasteiger charge is 2.20. The highest BCUT2D eigenvalue weighted by molar-refractivity contribution is 5.48. The van der Waals surface area contributed by atoms with Gasteiger partial charge in [0.1, 0.15) is 24.5 Å². The van der Waals surface area contributed by atoms with Crippen molar-refractivity contribution in [2.75, 3.05) is 4.90 Å². The number of nitrogens with zero attached hydrogens (tertiary/aromatic N) is 4. The lowest BCUT2D eigenvalue weighted by Crippen LogP contribution is -2.15. The third-order valence-electron chi connectivity index (χ3n) is 3.89. The quantitative estimate of drug-likeness (QED) is 0.741. The van der Waals surface area contributed by atoms with Crippen molar-refractivity contribution in [2.45, 2.75) is 19.7 Å². The Kier molecular flexibility index (Phi) is 3.60. The van der Waals surface area contributed by atoms with Gasteiger partial charge in [0.05, 0.1) is 0 Å². The maximum absolute atomic E-state index is 5.84. The smallest absolute Gasteiger partial charge is 0.129 e. The summed E-state index contributed by atoms with van der Waals surface area (Å²) in [5.41, 5.74) is 3.58. The number of hydrogen-bond acceptors (Lipinski definition) is 5. The number of aromatic nitrogens is 3. The predicted octanol–water partition coefficient (Wildman–Crippen LogP) is 2.97. The second-order valence-electron chi connectivity index (χ2n) is 5.51. The van der Waals surface area contributed by atoms with Crippen LogP contribution in [-0.2, 0) is 19.7 Å².